The molecule has 0 aliphatic rings. The summed E-state index contributed by atoms with van der Waals surface area (Å²) in [7, 11) is -2.39. The molecule has 1 unspecified atom stereocenters. The fourth-order valence-electron chi connectivity index (χ4n) is 2.88. The van der Waals surface area contributed by atoms with Gasteiger partial charge >= 0.3 is 0 Å². The van der Waals surface area contributed by atoms with Gasteiger partial charge < -0.3 is 4.90 Å². The fraction of sp³-hybridized carbons (Fsp3) is 0.136. The molecule has 1 N–H and O–H groups in total. The van der Waals surface area contributed by atoms with E-state index in [0.29, 0.717) is 0 Å². The van der Waals surface area contributed by atoms with Crippen molar-refractivity contribution in [1.29, 1.82) is 0 Å². The minimum atomic E-state index is -4.05. The maximum absolute atomic E-state index is 13.8. The summed E-state index contributed by atoms with van der Waals surface area (Å²) < 4.78 is 41.3. The van der Waals surface area contributed by atoms with Crippen molar-refractivity contribution in [2.45, 2.75) is 17.9 Å². The number of amides is 1. The molecule has 0 heterocycles. The number of anilines is 1. The molecule has 150 valence electrons. The second-order valence-corrected chi connectivity index (χ2v) is 8.30. The average Bonchev–Trinajstić information content (AvgIpc) is 2.74. The number of hydrogen-bond donors (Lipinski definition) is 1. The Hall–Kier alpha value is -3.19. The van der Waals surface area contributed by atoms with Crippen LogP contribution in [0, 0.1) is 5.82 Å². The van der Waals surface area contributed by atoms with Crippen molar-refractivity contribution in [3.63, 3.8) is 0 Å². The highest BCUT2D eigenvalue weighted by Crippen LogP contribution is 2.23. The standard InChI is InChI=1S/C22H21FN2O3S/c1-16(17-9-4-3-5-10-17)25(2)22(26)18-11-8-12-19(15-18)29(27,28)24-21-14-7-6-13-20(21)23/h3-16,24H,1-2H3. The first-order valence-corrected chi connectivity index (χ1v) is 10.5. The van der Waals surface area contributed by atoms with E-state index in [1.807, 2.05) is 37.3 Å². The summed E-state index contributed by atoms with van der Waals surface area (Å²) in [5, 5.41) is 0. The number of nitrogens with one attached hydrogen (secondary N) is 1. The molecule has 5 nitrogen and oxygen atoms in total. The lowest BCUT2D eigenvalue weighted by molar-refractivity contribution is 0.0742. The van der Waals surface area contributed by atoms with Crippen LogP contribution in [0.25, 0.3) is 0 Å². The number of sulfonamides is 1. The van der Waals surface area contributed by atoms with Crippen molar-refractivity contribution in [1.82, 2.24) is 4.90 Å². The molecule has 0 radical (unpaired) electrons. The van der Waals surface area contributed by atoms with Crippen molar-refractivity contribution in [2.75, 3.05) is 11.8 Å². The molecule has 3 aromatic rings. The topological polar surface area (TPSA) is 66.5 Å². The first kappa shape index (κ1) is 20.5. The van der Waals surface area contributed by atoms with Gasteiger partial charge in [0.05, 0.1) is 16.6 Å². The Balaban J connectivity index is 1.85. The number of halogens is 1. The highest BCUT2D eigenvalue weighted by Gasteiger charge is 2.22. The van der Waals surface area contributed by atoms with Gasteiger partial charge in [-0.1, -0.05) is 48.5 Å². The van der Waals surface area contributed by atoms with Gasteiger partial charge in [0.25, 0.3) is 15.9 Å². The third kappa shape index (κ3) is 4.63. The Morgan fingerprint density at radius 3 is 2.31 bits per heavy atom. The monoisotopic (exact) mass is 412 g/mol. The maximum atomic E-state index is 13.8. The van der Waals surface area contributed by atoms with Crippen molar-refractivity contribution in [2.24, 2.45) is 0 Å². The van der Waals surface area contributed by atoms with Gasteiger partial charge in [-0.2, -0.15) is 0 Å². The van der Waals surface area contributed by atoms with Crippen LogP contribution in [-0.4, -0.2) is 26.3 Å². The molecule has 1 amide bonds. The molecule has 29 heavy (non-hydrogen) atoms. The fourth-order valence-corrected chi connectivity index (χ4v) is 3.99. The highest BCUT2D eigenvalue weighted by molar-refractivity contribution is 7.92. The Kier molecular flexibility index (Phi) is 5.98. The van der Waals surface area contributed by atoms with Crippen LogP contribution in [0.2, 0.25) is 0 Å². The molecule has 0 aliphatic carbocycles. The van der Waals surface area contributed by atoms with Gasteiger partial charge in [0.1, 0.15) is 5.82 Å². The molecule has 1 atom stereocenters. The Morgan fingerprint density at radius 1 is 0.966 bits per heavy atom. The molecular formula is C22H21FN2O3S. The minimum Gasteiger partial charge on any atom is -0.335 e. The zero-order valence-corrected chi connectivity index (χ0v) is 16.9. The molecule has 0 aromatic heterocycles. The molecule has 7 heteroatoms. The maximum Gasteiger partial charge on any atom is 0.262 e. The van der Waals surface area contributed by atoms with Gasteiger partial charge in [-0.05, 0) is 42.8 Å². The smallest absolute Gasteiger partial charge is 0.262 e. The van der Waals surface area contributed by atoms with E-state index in [1.165, 1.54) is 36.4 Å². The van der Waals surface area contributed by atoms with Gasteiger partial charge in [-0.15, -0.1) is 0 Å². The van der Waals surface area contributed by atoms with E-state index < -0.39 is 15.8 Å². The van der Waals surface area contributed by atoms with Crippen molar-refractivity contribution in [3.8, 4) is 0 Å². The molecule has 3 rings (SSSR count). The zero-order chi connectivity index (χ0) is 21.0. The summed E-state index contributed by atoms with van der Waals surface area (Å²) in [5.41, 5.74) is 1.04. The van der Waals surface area contributed by atoms with Crippen LogP contribution in [0.1, 0.15) is 28.9 Å². The lowest BCUT2D eigenvalue weighted by atomic mass is 10.1. The third-order valence-electron chi connectivity index (χ3n) is 4.69. The zero-order valence-electron chi connectivity index (χ0n) is 16.0. The molecule has 0 fully saturated rings. The SMILES string of the molecule is CC(c1ccccc1)N(C)C(=O)c1cccc(S(=O)(=O)Nc2ccccc2F)c1. The predicted molar refractivity (Wildman–Crippen MR) is 111 cm³/mol. The summed E-state index contributed by atoms with van der Waals surface area (Å²) >= 11 is 0. The molecule has 0 bridgehead atoms. The van der Waals surface area contributed by atoms with Gasteiger partial charge in [0.2, 0.25) is 0 Å². The average molecular weight is 412 g/mol. The van der Waals surface area contributed by atoms with E-state index in [2.05, 4.69) is 4.72 Å². The Labute approximate surface area is 169 Å². The summed E-state index contributed by atoms with van der Waals surface area (Å²) in [6, 6.07) is 20.5. The molecule has 0 saturated heterocycles. The minimum absolute atomic E-state index is 0.118. The molecular weight excluding hydrogens is 391 g/mol. The first-order valence-electron chi connectivity index (χ1n) is 8.99. The van der Waals surface area contributed by atoms with Crippen molar-refractivity contribution in [3.05, 3.63) is 95.8 Å². The number of rotatable bonds is 6. The normalized spacial score (nSPS) is 12.2. The quantitative estimate of drug-likeness (QED) is 0.650. The van der Waals surface area contributed by atoms with E-state index in [0.717, 1.165) is 11.6 Å². The number of carbonyl (C=O) groups is 1. The Bertz CT molecular complexity index is 1120. The van der Waals surface area contributed by atoms with Crippen LogP contribution in [0.15, 0.2) is 83.8 Å². The third-order valence-corrected chi connectivity index (χ3v) is 6.06. The number of para-hydroxylation sites is 1. The van der Waals surface area contributed by atoms with Crippen LogP contribution in [0.4, 0.5) is 10.1 Å². The van der Waals surface area contributed by atoms with Crippen molar-refractivity contribution >= 4 is 21.6 Å². The van der Waals surface area contributed by atoms with Crippen LogP contribution < -0.4 is 4.72 Å². The van der Waals surface area contributed by atoms with Crippen LogP contribution in [0.3, 0.4) is 0 Å². The number of benzene rings is 3. The summed E-state index contributed by atoms with van der Waals surface area (Å²) in [6.45, 7) is 1.90. The van der Waals surface area contributed by atoms with Crippen LogP contribution >= 0.6 is 0 Å². The van der Waals surface area contributed by atoms with E-state index in [9.17, 15) is 17.6 Å². The number of nitrogens with zero attached hydrogens (tertiary/aromatic N) is 1. The second-order valence-electron chi connectivity index (χ2n) is 6.62. The van der Waals surface area contributed by atoms with Crippen LogP contribution in [-0.2, 0) is 10.0 Å². The molecule has 0 saturated carbocycles. The summed E-state index contributed by atoms with van der Waals surface area (Å²) in [5.74, 6) is -0.996. The van der Waals surface area contributed by atoms with Gasteiger partial charge in [0, 0.05) is 12.6 Å². The second kappa shape index (κ2) is 8.45. The van der Waals surface area contributed by atoms with E-state index in [1.54, 1.807) is 18.0 Å². The lowest BCUT2D eigenvalue weighted by Gasteiger charge is -2.25. The largest absolute Gasteiger partial charge is 0.335 e. The van der Waals surface area contributed by atoms with Gasteiger partial charge in [-0.25, -0.2) is 12.8 Å². The van der Waals surface area contributed by atoms with Gasteiger partial charge in [0.15, 0.2) is 0 Å². The van der Waals surface area contributed by atoms with E-state index >= 15 is 0 Å². The molecule has 0 spiro atoms. The van der Waals surface area contributed by atoms with Crippen molar-refractivity contribution < 1.29 is 17.6 Å². The number of hydrogen-bond acceptors (Lipinski definition) is 3. The molecule has 3 aromatic carbocycles. The number of carbonyl (C=O) groups excluding carboxylic acids is 1. The predicted octanol–water partition coefficient (Wildman–Crippen LogP) is 4.46. The molecule has 0 aliphatic heterocycles. The summed E-state index contributed by atoms with van der Waals surface area (Å²) in [6.07, 6.45) is 0. The van der Waals surface area contributed by atoms with Crippen LogP contribution in [0.5, 0.6) is 0 Å². The van der Waals surface area contributed by atoms with E-state index in [-0.39, 0.29) is 28.1 Å². The Morgan fingerprint density at radius 2 is 1.62 bits per heavy atom. The lowest BCUT2D eigenvalue weighted by Crippen LogP contribution is -2.29. The summed E-state index contributed by atoms with van der Waals surface area (Å²) in [4.78, 5) is 14.3. The highest BCUT2D eigenvalue weighted by atomic mass is 32.2. The van der Waals surface area contributed by atoms with E-state index in [4.69, 9.17) is 0 Å². The van der Waals surface area contributed by atoms with Gasteiger partial charge in [-0.3, -0.25) is 9.52 Å². The first-order chi connectivity index (χ1) is 13.8.